The molecule has 0 aliphatic carbocycles. The van der Waals surface area contributed by atoms with Crippen molar-refractivity contribution >= 4 is 12.0 Å². The maximum Gasteiger partial charge on any atom is 0.407 e. The zero-order valence-electron chi connectivity index (χ0n) is 15.3. The lowest BCUT2D eigenvalue weighted by Gasteiger charge is -2.28. The molecular weight excluding hydrogens is 312 g/mol. The van der Waals surface area contributed by atoms with Gasteiger partial charge in [0.1, 0.15) is 0 Å². The van der Waals surface area contributed by atoms with Gasteiger partial charge in [-0.15, -0.1) is 0 Å². The summed E-state index contributed by atoms with van der Waals surface area (Å²) >= 11 is 0. The van der Waals surface area contributed by atoms with Crippen molar-refractivity contribution in [3.8, 4) is 0 Å². The highest BCUT2D eigenvalue weighted by molar-refractivity contribution is 5.93. The Balaban J connectivity index is 2.99. The largest absolute Gasteiger partial charge is 0.477 e. The zero-order chi connectivity index (χ0) is 18.5. The first kappa shape index (κ1) is 19.8. The summed E-state index contributed by atoms with van der Waals surface area (Å²) in [5.41, 5.74) is 5.23. The van der Waals surface area contributed by atoms with Crippen LogP contribution in [0.25, 0.3) is 0 Å². The molecule has 1 aliphatic rings. The van der Waals surface area contributed by atoms with E-state index in [9.17, 15) is 9.59 Å². The Morgan fingerprint density at radius 2 is 2.04 bits per heavy atom. The number of nitrogens with two attached hydrogens (primary N) is 1. The van der Waals surface area contributed by atoms with E-state index in [1.54, 1.807) is 22.3 Å². The van der Waals surface area contributed by atoms with E-state index in [1.807, 2.05) is 34.7 Å². The lowest BCUT2D eigenvalue weighted by Crippen LogP contribution is -2.42. The van der Waals surface area contributed by atoms with Crippen LogP contribution in [0.4, 0.5) is 4.79 Å². The third-order valence-electron chi connectivity index (χ3n) is 3.31. The summed E-state index contributed by atoms with van der Waals surface area (Å²) in [6, 6.07) is 0. The molecule has 0 unspecified atom stereocenters. The number of hydrogen-bond acceptors (Lipinski definition) is 6. The second-order valence-electron chi connectivity index (χ2n) is 6.67. The number of carbonyl (C=O) groups excluding carboxylic acids is 2. The van der Waals surface area contributed by atoms with Gasteiger partial charge >= 0.3 is 6.09 Å². The third-order valence-corrected chi connectivity index (χ3v) is 3.31. The van der Waals surface area contributed by atoms with Gasteiger partial charge in [0.2, 0.25) is 5.88 Å². The number of nitrogens with one attached hydrogen (secondary N) is 1. The summed E-state index contributed by atoms with van der Waals surface area (Å²) in [7, 11) is 3.13. The smallest absolute Gasteiger partial charge is 0.407 e. The Hall–Kier alpha value is -2.22. The van der Waals surface area contributed by atoms with Crippen LogP contribution in [0.1, 0.15) is 27.7 Å². The number of ether oxygens (including phenoxy) is 2. The lowest BCUT2D eigenvalue weighted by molar-refractivity contribution is -0.114. The van der Waals surface area contributed by atoms with Crippen molar-refractivity contribution in [1.82, 2.24) is 15.3 Å². The number of carbonyl (C=O) groups is 2. The molecule has 0 aromatic heterocycles. The van der Waals surface area contributed by atoms with Crippen LogP contribution in [0.3, 0.4) is 0 Å². The van der Waals surface area contributed by atoms with E-state index in [1.165, 1.54) is 7.11 Å². The second-order valence-corrected chi connectivity index (χ2v) is 6.67. The number of hydrogen-bond donors (Lipinski definition) is 2. The molecule has 1 aliphatic heterocycles. The number of rotatable bonds is 7. The van der Waals surface area contributed by atoms with Crippen molar-refractivity contribution in [2.45, 2.75) is 33.2 Å². The molecule has 0 atom stereocenters. The fourth-order valence-corrected chi connectivity index (χ4v) is 2.04. The van der Waals surface area contributed by atoms with Crippen LogP contribution in [0.15, 0.2) is 23.7 Å². The quantitative estimate of drug-likeness (QED) is 0.722. The Labute approximate surface area is 143 Å². The van der Waals surface area contributed by atoms with E-state index in [4.69, 9.17) is 10.5 Å². The highest BCUT2D eigenvalue weighted by Crippen LogP contribution is 2.24. The predicted octanol–water partition coefficient (Wildman–Crippen LogP) is 1.17. The molecule has 0 aromatic carbocycles. The third kappa shape index (κ3) is 5.45. The molecule has 0 bridgehead atoms. The van der Waals surface area contributed by atoms with Crippen LogP contribution in [-0.4, -0.2) is 54.9 Å². The molecule has 0 saturated heterocycles. The van der Waals surface area contributed by atoms with E-state index in [0.29, 0.717) is 30.5 Å². The minimum Gasteiger partial charge on any atom is -0.477 e. The SMILES string of the molecule is COC(=O)NC(C)(C)/C=C/N1C(OCC(C)C)=C(C(N)=O)CN1C. The first-order valence-corrected chi connectivity index (χ1v) is 7.79. The van der Waals surface area contributed by atoms with Gasteiger partial charge < -0.3 is 20.5 Å². The number of hydrazine groups is 1. The molecule has 0 saturated carbocycles. The summed E-state index contributed by atoms with van der Waals surface area (Å²) in [6.07, 6.45) is 2.99. The predicted molar refractivity (Wildman–Crippen MR) is 90.2 cm³/mol. The molecular formula is C16H28N4O4. The van der Waals surface area contributed by atoms with E-state index in [-0.39, 0.29) is 0 Å². The van der Waals surface area contributed by atoms with Crippen LogP contribution in [-0.2, 0) is 14.3 Å². The maximum atomic E-state index is 11.7. The highest BCUT2D eigenvalue weighted by Gasteiger charge is 2.31. The van der Waals surface area contributed by atoms with Crippen molar-refractivity contribution in [1.29, 1.82) is 0 Å². The summed E-state index contributed by atoms with van der Waals surface area (Å²) in [5.74, 6) is 0.216. The number of primary amides is 1. The normalized spacial score (nSPS) is 16.2. The molecule has 0 radical (unpaired) electrons. The summed E-state index contributed by atoms with van der Waals surface area (Å²) in [4.78, 5) is 23.1. The van der Waals surface area contributed by atoms with Crippen molar-refractivity contribution < 1.29 is 19.1 Å². The fraction of sp³-hybridized carbons (Fsp3) is 0.625. The van der Waals surface area contributed by atoms with E-state index < -0.39 is 17.5 Å². The van der Waals surface area contributed by atoms with Gasteiger partial charge in [-0.25, -0.2) is 9.80 Å². The Bertz CT molecular complexity index is 540. The van der Waals surface area contributed by atoms with Crippen LogP contribution in [0.2, 0.25) is 0 Å². The molecule has 24 heavy (non-hydrogen) atoms. The first-order chi connectivity index (χ1) is 11.1. The number of nitrogens with zero attached hydrogens (tertiary/aromatic N) is 2. The molecule has 3 N–H and O–H groups in total. The topological polar surface area (TPSA) is 97.1 Å². The molecule has 136 valence electrons. The standard InChI is InChI=1S/C16H28N4O4/c1-11(2)10-24-14-12(13(17)21)9-19(5)20(14)8-7-16(3,4)18-15(22)23-6/h7-8,11H,9-10H2,1-6H3,(H2,17,21)(H,18,22)/b8-7+. The molecule has 0 spiro atoms. The number of methoxy groups -OCH3 is 1. The minimum atomic E-state index is -0.646. The highest BCUT2D eigenvalue weighted by atomic mass is 16.5. The van der Waals surface area contributed by atoms with Crippen molar-refractivity contribution in [3.05, 3.63) is 23.7 Å². The summed E-state index contributed by atoms with van der Waals surface area (Å²) in [5, 5.41) is 6.22. The van der Waals surface area contributed by atoms with E-state index >= 15 is 0 Å². The van der Waals surface area contributed by atoms with Gasteiger partial charge in [0.05, 0.1) is 31.4 Å². The summed E-state index contributed by atoms with van der Waals surface area (Å²) < 4.78 is 10.4. The van der Waals surface area contributed by atoms with Gasteiger partial charge in [-0.2, -0.15) is 0 Å². The van der Waals surface area contributed by atoms with Crippen molar-refractivity contribution in [2.75, 3.05) is 27.3 Å². The number of alkyl carbamates (subject to hydrolysis) is 1. The Morgan fingerprint density at radius 1 is 1.42 bits per heavy atom. The van der Waals surface area contributed by atoms with Gasteiger partial charge in [-0.05, 0) is 25.8 Å². The van der Waals surface area contributed by atoms with Gasteiger partial charge in [-0.1, -0.05) is 13.8 Å². The molecule has 1 heterocycles. The van der Waals surface area contributed by atoms with Crippen molar-refractivity contribution in [2.24, 2.45) is 11.7 Å². The van der Waals surface area contributed by atoms with Crippen molar-refractivity contribution in [3.63, 3.8) is 0 Å². The molecule has 0 fully saturated rings. The molecule has 0 aromatic rings. The van der Waals surface area contributed by atoms with E-state index in [2.05, 4.69) is 10.1 Å². The van der Waals surface area contributed by atoms with Gasteiger partial charge in [0.25, 0.3) is 5.91 Å². The Morgan fingerprint density at radius 3 is 2.54 bits per heavy atom. The number of likely N-dealkylation sites (N-methyl/N-ethyl adjacent to an activating group) is 1. The zero-order valence-corrected chi connectivity index (χ0v) is 15.3. The van der Waals surface area contributed by atoms with Gasteiger partial charge in [-0.3, -0.25) is 9.80 Å². The molecule has 2 amide bonds. The second kappa shape index (κ2) is 8.05. The average molecular weight is 340 g/mol. The average Bonchev–Trinajstić information content (AvgIpc) is 2.78. The lowest BCUT2D eigenvalue weighted by atomic mass is 10.1. The monoisotopic (exact) mass is 340 g/mol. The Kier molecular flexibility index (Phi) is 6.65. The number of amides is 2. The minimum absolute atomic E-state index is 0.306. The summed E-state index contributed by atoms with van der Waals surface area (Å²) in [6.45, 7) is 8.51. The molecule has 8 heteroatoms. The van der Waals surface area contributed by atoms with Crippen LogP contribution in [0, 0.1) is 5.92 Å². The molecule has 1 rings (SSSR count). The first-order valence-electron chi connectivity index (χ1n) is 7.79. The molecule has 8 nitrogen and oxygen atoms in total. The fourth-order valence-electron chi connectivity index (χ4n) is 2.04. The van der Waals surface area contributed by atoms with E-state index in [0.717, 1.165) is 0 Å². The van der Waals surface area contributed by atoms with Crippen LogP contribution >= 0.6 is 0 Å². The van der Waals surface area contributed by atoms with Crippen LogP contribution in [0.5, 0.6) is 0 Å². The van der Waals surface area contributed by atoms with Gasteiger partial charge in [0.15, 0.2) is 0 Å². The van der Waals surface area contributed by atoms with Crippen LogP contribution < -0.4 is 11.1 Å². The van der Waals surface area contributed by atoms with Gasteiger partial charge in [0, 0.05) is 13.2 Å². The maximum absolute atomic E-state index is 11.7.